The minimum absolute atomic E-state index is 0.226. The van der Waals surface area contributed by atoms with Crippen molar-refractivity contribution >= 4 is 11.9 Å². The summed E-state index contributed by atoms with van der Waals surface area (Å²) in [5.41, 5.74) is 4.31. The van der Waals surface area contributed by atoms with E-state index in [1.807, 2.05) is 36.4 Å². The molecule has 2 fully saturated rings. The topological polar surface area (TPSA) is 50.2 Å². The van der Waals surface area contributed by atoms with E-state index in [4.69, 9.17) is 0 Å². The second-order valence-electron chi connectivity index (χ2n) is 8.71. The van der Waals surface area contributed by atoms with E-state index in [0.29, 0.717) is 29.3 Å². The molecule has 0 radical (unpaired) electrons. The first-order chi connectivity index (χ1) is 13.1. The molecular formula is C24H25NO2. The van der Waals surface area contributed by atoms with E-state index < -0.39 is 0 Å². The van der Waals surface area contributed by atoms with E-state index in [1.54, 1.807) is 6.20 Å². The summed E-state index contributed by atoms with van der Waals surface area (Å²) in [4.78, 5) is 17.7. The van der Waals surface area contributed by atoms with Crippen LogP contribution in [-0.2, 0) is 11.2 Å². The van der Waals surface area contributed by atoms with Crippen LogP contribution in [0.5, 0.6) is 5.75 Å². The fraction of sp³-hybridized carbons (Fsp3) is 0.417. The number of Topliss-reactive ketones (excluding diaryl/α,β-unsaturated/α-hetero) is 1. The van der Waals surface area contributed by atoms with Gasteiger partial charge >= 0.3 is 0 Å². The Hall–Kier alpha value is -2.42. The molecule has 1 aromatic heterocycles. The lowest BCUT2D eigenvalue weighted by Gasteiger charge is -2.48. The second-order valence-corrected chi connectivity index (χ2v) is 8.71. The zero-order valence-electron chi connectivity index (χ0n) is 15.7. The minimum atomic E-state index is -0.226. The molecule has 1 aromatic carbocycles. The van der Waals surface area contributed by atoms with Crippen molar-refractivity contribution in [2.45, 2.75) is 44.9 Å². The molecule has 3 unspecified atom stereocenters. The van der Waals surface area contributed by atoms with Gasteiger partial charge in [0.15, 0.2) is 5.78 Å². The number of phenolic OH excluding ortho intramolecular Hbond substituents is 1. The number of hydrogen-bond acceptors (Lipinski definition) is 3. The van der Waals surface area contributed by atoms with Crippen LogP contribution >= 0.6 is 0 Å². The molecule has 0 amide bonds. The van der Waals surface area contributed by atoms with Crippen LogP contribution in [0, 0.1) is 17.3 Å². The zero-order valence-corrected chi connectivity index (χ0v) is 15.7. The number of nitrogens with zero attached hydrogens (tertiary/aromatic N) is 1. The van der Waals surface area contributed by atoms with Crippen molar-refractivity contribution in [2.24, 2.45) is 17.3 Å². The molecule has 4 atom stereocenters. The van der Waals surface area contributed by atoms with Crippen LogP contribution in [0.1, 0.15) is 55.3 Å². The van der Waals surface area contributed by atoms with Gasteiger partial charge in [-0.25, -0.2) is 0 Å². The molecular weight excluding hydrogens is 334 g/mol. The molecule has 0 aliphatic heterocycles. The molecule has 0 spiro atoms. The van der Waals surface area contributed by atoms with E-state index in [1.165, 1.54) is 11.1 Å². The molecule has 3 nitrogen and oxygen atoms in total. The highest BCUT2D eigenvalue weighted by molar-refractivity contribution is 6.05. The molecule has 3 heteroatoms. The average molecular weight is 359 g/mol. The Morgan fingerprint density at radius 2 is 2.11 bits per heavy atom. The average Bonchev–Trinajstić information content (AvgIpc) is 2.93. The number of carbonyl (C=O) groups excluding carboxylic acids is 1. The van der Waals surface area contributed by atoms with Gasteiger partial charge in [0.2, 0.25) is 0 Å². The van der Waals surface area contributed by atoms with Gasteiger partial charge in [0.05, 0.1) is 5.69 Å². The third-order valence-corrected chi connectivity index (χ3v) is 7.36. The molecule has 2 aromatic rings. The lowest BCUT2D eigenvalue weighted by atomic mass is 9.55. The third-order valence-electron chi connectivity index (χ3n) is 7.36. The summed E-state index contributed by atoms with van der Waals surface area (Å²) in [5, 5.41) is 9.83. The Morgan fingerprint density at radius 3 is 2.93 bits per heavy atom. The molecule has 3 aliphatic carbocycles. The van der Waals surface area contributed by atoms with Gasteiger partial charge in [0.25, 0.3) is 0 Å². The maximum Gasteiger partial charge on any atom is 0.165 e. The van der Waals surface area contributed by atoms with Crippen LogP contribution in [-0.4, -0.2) is 15.9 Å². The first kappa shape index (κ1) is 16.7. The predicted octanol–water partition coefficient (Wildman–Crippen LogP) is 4.91. The number of benzene rings is 1. The molecule has 27 heavy (non-hydrogen) atoms. The number of ketones is 1. The number of aromatic hydroxyl groups is 1. The highest BCUT2D eigenvalue weighted by Crippen LogP contribution is 2.60. The molecule has 1 heterocycles. The Balaban J connectivity index is 1.50. The standard InChI is InChI=1S/C24H25NO2/c1-24-10-9-20-19-8-6-18(26)13-15(19)5-7-21(20)22(24)14-16(23(24)27)12-17-4-2-3-11-25-17/h2-4,6,8,11-13,20-22,26H,5,7,9-10,14H2,1H3/b16-12+/t20?,21?,22?,24-/m0/s1. The molecule has 0 bridgehead atoms. The molecule has 5 rings (SSSR count). The summed E-state index contributed by atoms with van der Waals surface area (Å²) >= 11 is 0. The van der Waals surface area contributed by atoms with Crippen LogP contribution in [0.25, 0.3) is 6.08 Å². The summed E-state index contributed by atoms with van der Waals surface area (Å²) in [6.45, 7) is 2.20. The lowest BCUT2D eigenvalue weighted by molar-refractivity contribution is -0.127. The smallest absolute Gasteiger partial charge is 0.165 e. The van der Waals surface area contributed by atoms with Crippen LogP contribution in [0.4, 0.5) is 0 Å². The number of carbonyl (C=O) groups is 1. The molecule has 138 valence electrons. The Morgan fingerprint density at radius 1 is 1.22 bits per heavy atom. The van der Waals surface area contributed by atoms with Gasteiger partial charge in [0, 0.05) is 11.6 Å². The number of rotatable bonds is 1. The van der Waals surface area contributed by atoms with Gasteiger partial charge in [-0.2, -0.15) is 0 Å². The quantitative estimate of drug-likeness (QED) is 0.736. The van der Waals surface area contributed by atoms with Crippen LogP contribution < -0.4 is 0 Å². The molecule has 3 aliphatic rings. The van der Waals surface area contributed by atoms with Gasteiger partial charge in [-0.1, -0.05) is 19.1 Å². The van der Waals surface area contributed by atoms with Gasteiger partial charge in [-0.15, -0.1) is 0 Å². The Bertz CT molecular complexity index is 933. The summed E-state index contributed by atoms with van der Waals surface area (Å²) in [5.74, 6) is 2.20. The van der Waals surface area contributed by atoms with Crippen molar-refractivity contribution in [3.05, 3.63) is 65.0 Å². The number of aryl methyl sites for hydroxylation is 1. The summed E-state index contributed by atoms with van der Waals surface area (Å²) in [6.07, 6.45) is 8.81. The largest absolute Gasteiger partial charge is 0.508 e. The first-order valence-corrected chi connectivity index (χ1v) is 10.0. The summed E-state index contributed by atoms with van der Waals surface area (Å²) < 4.78 is 0. The van der Waals surface area contributed by atoms with Crippen molar-refractivity contribution in [1.29, 1.82) is 0 Å². The maximum atomic E-state index is 13.3. The molecule has 2 saturated carbocycles. The normalized spacial score (nSPS) is 33.4. The maximum absolute atomic E-state index is 13.3. The van der Waals surface area contributed by atoms with Crippen LogP contribution in [0.2, 0.25) is 0 Å². The van der Waals surface area contributed by atoms with Crippen molar-refractivity contribution < 1.29 is 9.90 Å². The Labute approximate surface area is 160 Å². The fourth-order valence-corrected chi connectivity index (χ4v) is 6.01. The minimum Gasteiger partial charge on any atom is -0.508 e. The second kappa shape index (κ2) is 6.05. The molecule has 0 saturated heterocycles. The van der Waals surface area contributed by atoms with Gasteiger partial charge in [-0.3, -0.25) is 9.78 Å². The van der Waals surface area contributed by atoms with Crippen molar-refractivity contribution in [1.82, 2.24) is 4.98 Å². The van der Waals surface area contributed by atoms with Gasteiger partial charge in [0.1, 0.15) is 5.75 Å². The number of fused-ring (bicyclic) bond motifs is 5. The number of phenols is 1. The predicted molar refractivity (Wildman–Crippen MR) is 105 cm³/mol. The van der Waals surface area contributed by atoms with E-state index in [0.717, 1.165) is 43.4 Å². The van der Waals surface area contributed by atoms with E-state index in [9.17, 15) is 9.90 Å². The highest BCUT2D eigenvalue weighted by Gasteiger charge is 2.56. The molecule has 1 N–H and O–H groups in total. The summed E-state index contributed by atoms with van der Waals surface area (Å²) in [7, 11) is 0. The third kappa shape index (κ3) is 2.55. The van der Waals surface area contributed by atoms with Crippen LogP contribution in [0.3, 0.4) is 0 Å². The van der Waals surface area contributed by atoms with Gasteiger partial charge < -0.3 is 5.11 Å². The first-order valence-electron chi connectivity index (χ1n) is 10.0. The monoisotopic (exact) mass is 359 g/mol. The summed E-state index contributed by atoms with van der Waals surface area (Å²) in [6, 6.07) is 11.7. The highest BCUT2D eigenvalue weighted by atomic mass is 16.3. The van der Waals surface area contributed by atoms with Crippen molar-refractivity contribution in [3.8, 4) is 5.75 Å². The number of aromatic nitrogens is 1. The SMILES string of the molecule is C[C@]12CCC3c4ccc(O)cc4CCC3C1C/C(=C\c1ccccn1)C2=O. The Kier molecular flexibility index (Phi) is 3.75. The number of hydrogen-bond donors (Lipinski definition) is 1. The number of allylic oxidation sites excluding steroid dienone is 1. The van der Waals surface area contributed by atoms with Crippen molar-refractivity contribution in [3.63, 3.8) is 0 Å². The lowest BCUT2D eigenvalue weighted by Crippen LogP contribution is -2.42. The van der Waals surface area contributed by atoms with Crippen molar-refractivity contribution in [2.75, 3.05) is 0 Å². The zero-order chi connectivity index (χ0) is 18.6. The number of pyridine rings is 1. The van der Waals surface area contributed by atoms with Crippen LogP contribution in [0.15, 0.2) is 48.2 Å². The van der Waals surface area contributed by atoms with E-state index in [-0.39, 0.29) is 5.41 Å². The van der Waals surface area contributed by atoms with Gasteiger partial charge in [-0.05, 0) is 96.9 Å². The fourth-order valence-electron chi connectivity index (χ4n) is 6.01. The van der Waals surface area contributed by atoms with E-state index >= 15 is 0 Å². The van der Waals surface area contributed by atoms with E-state index in [2.05, 4.69) is 18.0 Å².